The van der Waals surface area contributed by atoms with E-state index in [4.69, 9.17) is 16.3 Å². The van der Waals surface area contributed by atoms with Gasteiger partial charge < -0.3 is 10.1 Å². The van der Waals surface area contributed by atoms with Crippen LogP contribution in [0.5, 0.6) is 5.75 Å². The zero-order valence-electron chi connectivity index (χ0n) is 15.2. The molecule has 1 amide bonds. The minimum atomic E-state index is -0.240. The number of aromatic nitrogens is 3. The van der Waals surface area contributed by atoms with Gasteiger partial charge in [-0.3, -0.25) is 9.36 Å². The highest BCUT2D eigenvalue weighted by atomic mass is 35.5. The molecule has 8 heteroatoms. The Morgan fingerprint density at radius 1 is 1.35 bits per heavy atom. The molecular formula is C18H23ClN4O2S. The average molecular weight is 395 g/mol. The Bertz CT molecular complexity index is 784. The van der Waals surface area contributed by atoms with Crippen LogP contribution in [0.4, 0.5) is 0 Å². The number of carbonyl (C=O) groups is 1. The first-order chi connectivity index (χ1) is 12.3. The van der Waals surface area contributed by atoms with Crippen molar-refractivity contribution >= 4 is 29.3 Å². The lowest BCUT2D eigenvalue weighted by Gasteiger charge is -2.20. The SMILES string of the molecule is CC(C)(C)NC(=O)CSc1nnc(COc2ccccc2Cl)n1C1CC1. The normalized spacial score (nSPS) is 14.3. The van der Waals surface area contributed by atoms with E-state index in [9.17, 15) is 4.79 Å². The molecule has 0 radical (unpaired) electrons. The molecule has 1 heterocycles. The highest BCUT2D eigenvalue weighted by Gasteiger charge is 2.30. The van der Waals surface area contributed by atoms with Gasteiger partial charge in [0.2, 0.25) is 5.91 Å². The summed E-state index contributed by atoms with van der Waals surface area (Å²) in [5.74, 6) is 1.68. The molecule has 2 aromatic rings. The van der Waals surface area contributed by atoms with E-state index in [1.54, 1.807) is 6.07 Å². The van der Waals surface area contributed by atoms with Gasteiger partial charge in [-0.05, 0) is 45.7 Å². The highest BCUT2D eigenvalue weighted by molar-refractivity contribution is 7.99. The van der Waals surface area contributed by atoms with E-state index < -0.39 is 0 Å². The third-order valence-electron chi connectivity index (χ3n) is 3.69. The van der Waals surface area contributed by atoms with E-state index in [1.807, 2.05) is 39.0 Å². The number of hydrogen-bond donors (Lipinski definition) is 1. The summed E-state index contributed by atoms with van der Waals surface area (Å²) in [5, 5.41) is 12.8. The number of benzene rings is 1. The van der Waals surface area contributed by atoms with Gasteiger partial charge in [-0.2, -0.15) is 0 Å². The van der Waals surface area contributed by atoms with E-state index in [0.717, 1.165) is 23.8 Å². The number of carbonyl (C=O) groups excluding carboxylic acids is 1. The van der Waals surface area contributed by atoms with Gasteiger partial charge in [0, 0.05) is 11.6 Å². The van der Waals surface area contributed by atoms with Gasteiger partial charge in [-0.1, -0.05) is 35.5 Å². The van der Waals surface area contributed by atoms with E-state index in [2.05, 4.69) is 20.1 Å². The van der Waals surface area contributed by atoms with Gasteiger partial charge in [-0.15, -0.1) is 10.2 Å². The first-order valence-electron chi connectivity index (χ1n) is 8.58. The van der Waals surface area contributed by atoms with Gasteiger partial charge in [-0.25, -0.2) is 0 Å². The lowest BCUT2D eigenvalue weighted by Crippen LogP contribution is -2.41. The van der Waals surface area contributed by atoms with Crippen LogP contribution in [-0.4, -0.2) is 32.0 Å². The molecule has 1 aromatic carbocycles. The molecule has 0 saturated heterocycles. The zero-order valence-corrected chi connectivity index (χ0v) is 16.7. The van der Waals surface area contributed by atoms with E-state index in [0.29, 0.717) is 29.2 Å². The van der Waals surface area contributed by atoms with E-state index in [1.165, 1.54) is 11.8 Å². The molecule has 0 spiro atoms. The molecule has 6 nitrogen and oxygen atoms in total. The third-order valence-corrected chi connectivity index (χ3v) is 4.94. The largest absolute Gasteiger partial charge is 0.484 e. The molecule has 1 saturated carbocycles. The fourth-order valence-electron chi connectivity index (χ4n) is 2.49. The van der Waals surface area contributed by atoms with Crippen molar-refractivity contribution in [3.05, 3.63) is 35.1 Å². The van der Waals surface area contributed by atoms with Gasteiger partial charge in [0.25, 0.3) is 0 Å². The van der Waals surface area contributed by atoms with Crippen molar-refractivity contribution in [3.63, 3.8) is 0 Å². The summed E-state index contributed by atoms with van der Waals surface area (Å²) >= 11 is 7.54. The molecule has 1 aromatic heterocycles. The van der Waals surface area contributed by atoms with Crippen molar-refractivity contribution in [2.75, 3.05) is 5.75 Å². The lowest BCUT2D eigenvalue weighted by atomic mass is 10.1. The summed E-state index contributed by atoms with van der Waals surface area (Å²) in [7, 11) is 0. The number of thioether (sulfide) groups is 1. The topological polar surface area (TPSA) is 69.0 Å². The van der Waals surface area contributed by atoms with Crippen LogP contribution in [0.15, 0.2) is 29.4 Å². The molecule has 0 unspecified atom stereocenters. The fraction of sp³-hybridized carbons (Fsp3) is 0.500. The maximum absolute atomic E-state index is 12.1. The van der Waals surface area contributed by atoms with Crippen LogP contribution in [0, 0.1) is 0 Å². The number of nitrogens with one attached hydrogen (secondary N) is 1. The smallest absolute Gasteiger partial charge is 0.230 e. The van der Waals surface area contributed by atoms with E-state index in [-0.39, 0.29) is 11.4 Å². The predicted octanol–water partition coefficient (Wildman–Crippen LogP) is 3.85. The van der Waals surface area contributed by atoms with Crippen molar-refractivity contribution in [1.82, 2.24) is 20.1 Å². The van der Waals surface area contributed by atoms with Crippen molar-refractivity contribution in [2.45, 2.75) is 57.0 Å². The van der Waals surface area contributed by atoms with Gasteiger partial charge in [0.15, 0.2) is 11.0 Å². The molecular weight excluding hydrogens is 372 g/mol. The zero-order chi connectivity index (χ0) is 18.7. The van der Waals surface area contributed by atoms with Crippen LogP contribution < -0.4 is 10.1 Å². The quantitative estimate of drug-likeness (QED) is 0.722. The van der Waals surface area contributed by atoms with Gasteiger partial charge >= 0.3 is 0 Å². The maximum Gasteiger partial charge on any atom is 0.230 e. The predicted molar refractivity (Wildman–Crippen MR) is 103 cm³/mol. The van der Waals surface area contributed by atoms with Crippen LogP contribution >= 0.6 is 23.4 Å². The van der Waals surface area contributed by atoms with Gasteiger partial charge in [0.05, 0.1) is 10.8 Å². The number of amides is 1. The standard InChI is InChI=1S/C18H23ClN4O2S/c1-18(2,3)20-16(24)11-26-17-22-21-15(23(17)12-8-9-12)10-25-14-7-5-4-6-13(14)19/h4-7,12H,8-11H2,1-3H3,(H,20,24). The fourth-order valence-corrected chi connectivity index (χ4v) is 3.51. The van der Waals surface area contributed by atoms with Crippen LogP contribution in [0.3, 0.4) is 0 Å². The number of hydrogen-bond acceptors (Lipinski definition) is 5. The average Bonchev–Trinajstić information content (AvgIpc) is 3.31. The first kappa shape index (κ1) is 19.0. The van der Waals surface area contributed by atoms with Crippen LogP contribution in [0.2, 0.25) is 5.02 Å². The Labute approximate surface area is 162 Å². The van der Waals surface area contributed by atoms with Crippen LogP contribution in [0.1, 0.15) is 45.5 Å². The molecule has 1 aliphatic rings. The molecule has 1 N–H and O–H groups in total. The molecule has 0 atom stereocenters. The second-order valence-corrected chi connectivity index (χ2v) is 8.66. The van der Waals surface area contributed by atoms with Gasteiger partial charge in [0.1, 0.15) is 12.4 Å². The summed E-state index contributed by atoms with van der Waals surface area (Å²) in [6.07, 6.45) is 2.19. The Hall–Kier alpha value is -1.73. The number of ether oxygens (including phenoxy) is 1. The molecule has 3 rings (SSSR count). The molecule has 0 aliphatic heterocycles. The Morgan fingerprint density at radius 3 is 2.73 bits per heavy atom. The summed E-state index contributed by atoms with van der Waals surface area (Å²) in [4.78, 5) is 12.1. The second-order valence-electron chi connectivity index (χ2n) is 7.31. The first-order valence-corrected chi connectivity index (χ1v) is 9.95. The maximum atomic E-state index is 12.1. The Kier molecular flexibility index (Phi) is 5.77. The van der Waals surface area contributed by atoms with Crippen molar-refractivity contribution in [2.24, 2.45) is 0 Å². The molecule has 1 fully saturated rings. The minimum absolute atomic E-state index is 0.0123. The molecule has 140 valence electrons. The summed E-state index contributed by atoms with van der Waals surface area (Å²) in [6.45, 7) is 6.19. The van der Waals surface area contributed by atoms with Crippen LogP contribution in [0.25, 0.3) is 0 Å². The van der Waals surface area contributed by atoms with Crippen molar-refractivity contribution in [3.8, 4) is 5.75 Å². The second kappa shape index (κ2) is 7.88. The monoisotopic (exact) mass is 394 g/mol. The van der Waals surface area contributed by atoms with Crippen molar-refractivity contribution in [1.29, 1.82) is 0 Å². The third kappa shape index (κ3) is 5.14. The molecule has 26 heavy (non-hydrogen) atoms. The Morgan fingerprint density at radius 2 is 2.08 bits per heavy atom. The molecule has 1 aliphatic carbocycles. The van der Waals surface area contributed by atoms with Crippen molar-refractivity contribution < 1.29 is 9.53 Å². The number of para-hydroxylation sites is 1. The summed E-state index contributed by atoms with van der Waals surface area (Å²) < 4.78 is 7.89. The Balaban J connectivity index is 1.65. The van der Waals surface area contributed by atoms with Crippen LogP contribution in [-0.2, 0) is 11.4 Å². The van der Waals surface area contributed by atoms with E-state index >= 15 is 0 Å². The molecule has 0 bridgehead atoms. The minimum Gasteiger partial charge on any atom is -0.484 e. The highest BCUT2D eigenvalue weighted by Crippen LogP contribution is 2.39. The number of halogens is 1. The number of rotatable bonds is 7. The number of nitrogens with zero attached hydrogens (tertiary/aromatic N) is 3. The summed E-state index contributed by atoms with van der Waals surface area (Å²) in [5.41, 5.74) is -0.240. The summed E-state index contributed by atoms with van der Waals surface area (Å²) in [6, 6.07) is 7.74. The lowest BCUT2D eigenvalue weighted by molar-refractivity contribution is -0.119.